The zero-order valence-electron chi connectivity index (χ0n) is 45.0. The molecule has 0 spiro atoms. The van der Waals surface area contributed by atoms with E-state index in [1.54, 1.807) is 0 Å². The molecule has 0 aromatic rings. The Bertz CT molecular complexity index is 2180. The second-order valence-corrected chi connectivity index (χ2v) is 20.5. The van der Waals surface area contributed by atoms with Crippen LogP contribution in [0.25, 0.3) is 0 Å². The van der Waals surface area contributed by atoms with Crippen molar-refractivity contribution in [2.24, 2.45) is 0 Å². The molecule has 0 radical (unpaired) electrons. The Labute approximate surface area is 475 Å². The molecule has 0 aliphatic carbocycles. The Hall–Kier alpha value is -4.22. The normalized spacial score (nSPS) is 40.9. The number of aliphatic hydroxyl groups excluding tert-OH is 16. The number of aliphatic carboxylic acids is 2. The van der Waals surface area contributed by atoms with E-state index in [0.29, 0.717) is 0 Å². The number of rotatable bonds is 28. The monoisotopic (exact) mass is 1230 g/mol. The van der Waals surface area contributed by atoms with Crippen LogP contribution in [0.15, 0.2) is 0 Å². The van der Waals surface area contributed by atoms with E-state index in [4.69, 9.17) is 47.4 Å². The van der Waals surface area contributed by atoms with E-state index in [9.17, 15) is 121 Å². The smallest absolute Gasteiger partial charge is 0.364 e. The minimum Gasteiger partial charge on any atom is -0.477 e. The summed E-state index contributed by atoms with van der Waals surface area (Å²) in [5, 5.41) is 204. The number of carbonyl (C=O) groups excluding carboxylic acids is 4. The Kier molecular flexibility index (Phi) is 25.7. The van der Waals surface area contributed by atoms with Gasteiger partial charge in [0.1, 0.15) is 110 Å². The van der Waals surface area contributed by atoms with Crippen molar-refractivity contribution in [3.63, 3.8) is 0 Å². The summed E-state index contributed by atoms with van der Waals surface area (Å²) in [5.74, 6) is -13.5. The van der Waals surface area contributed by atoms with Crippen LogP contribution in [-0.4, -0.2) is 345 Å². The van der Waals surface area contributed by atoms with Crippen LogP contribution in [0.2, 0.25) is 0 Å². The number of carboxylic acid groups (broad SMARTS) is 2. The molecule has 38 nitrogen and oxygen atoms in total. The van der Waals surface area contributed by atoms with Gasteiger partial charge in [-0.05, 0) is 0 Å². The van der Waals surface area contributed by atoms with Crippen LogP contribution in [0.5, 0.6) is 0 Å². The standard InChI is InChI=1S/C46H76N4O34/c1-14(57)48-25-18(60)4-45(43(71)72,82-37(25)28(64)20(62)7-52)76-12-24-30(66)31(67)27(50-16(3)59)40(79-24)81-36-23(10-55)78-42(80-35-22(9-54)77-41(33(69)32(35)68)75-11-17(6-51)47-13-56)34(70)39(36)84-46(44(73)74)5-19(61)26(49-15(2)58)38(83-46)29(65)21(63)8-53/h13,17-42,51-55,60-70H,4-12H2,1-3H3,(H,47,56)(H,48,57)(H,49,58)(H,50,59)(H,71,72)(H,73,74)/t17-,18+,19+,20-,21-,22-,23-,24-,25-,26-,27-,28-,29-,30+,31-,32-,33-,34-,35-,36+,37-,38-,39-,40+,41-,42+,45-,46+/m1/s1. The highest BCUT2D eigenvalue weighted by atomic mass is 16.8. The molecule has 5 heterocycles. The number of hydrogen-bond donors (Lipinski definition) is 22. The van der Waals surface area contributed by atoms with E-state index in [1.807, 2.05) is 0 Å². The van der Waals surface area contributed by atoms with Crippen molar-refractivity contribution in [1.29, 1.82) is 0 Å². The van der Waals surface area contributed by atoms with Crippen LogP contribution < -0.4 is 21.3 Å². The predicted molar refractivity (Wildman–Crippen MR) is 260 cm³/mol. The van der Waals surface area contributed by atoms with Gasteiger partial charge in [-0.3, -0.25) is 19.2 Å². The topological polar surface area (TPSA) is 607 Å². The molecule has 0 aromatic heterocycles. The molecule has 38 heteroatoms. The van der Waals surface area contributed by atoms with Gasteiger partial charge in [-0.1, -0.05) is 0 Å². The van der Waals surface area contributed by atoms with Gasteiger partial charge in [0, 0.05) is 33.6 Å². The largest absolute Gasteiger partial charge is 0.477 e. The molecular formula is C46H76N4O34. The highest BCUT2D eigenvalue weighted by Gasteiger charge is 2.62. The van der Waals surface area contributed by atoms with Gasteiger partial charge >= 0.3 is 11.9 Å². The fourth-order valence-corrected chi connectivity index (χ4v) is 10.1. The molecule has 4 amide bonds. The fraction of sp³-hybridized carbons (Fsp3) is 0.870. The van der Waals surface area contributed by atoms with E-state index in [-0.39, 0.29) is 6.41 Å². The van der Waals surface area contributed by atoms with E-state index in [0.717, 1.165) is 20.8 Å². The first-order chi connectivity index (χ1) is 39.5. The summed E-state index contributed by atoms with van der Waals surface area (Å²) in [5.41, 5.74) is 0. The van der Waals surface area contributed by atoms with Gasteiger partial charge in [0.25, 0.3) is 11.6 Å². The molecule has 28 atom stereocenters. The van der Waals surface area contributed by atoms with Crippen LogP contribution in [0.3, 0.4) is 0 Å². The third-order valence-electron chi connectivity index (χ3n) is 14.4. The van der Waals surface area contributed by atoms with Crippen molar-refractivity contribution in [3.05, 3.63) is 0 Å². The lowest BCUT2D eigenvalue weighted by Crippen LogP contribution is -2.72. The van der Waals surface area contributed by atoms with Crippen molar-refractivity contribution in [2.75, 3.05) is 46.2 Å². The van der Waals surface area contributed by atoms with Crippen molar-refractivity contribution in [1.82, 2.24) is 21.3 Å². The second-order valence-electron chi connectivity index (χ2n) is 20.5. The molecule has 84 heavy (non-hydrogen) atoms. The maximum atomic E-state index is 13.6. The average Bonchev–Trinajstić information content (AvgIpc) is 1.22. The molecule has 5 saturated heterocycles. The van der Waals surface area contributed by atoms with Crippen molar-refractivity contribution in [2.45, 2.75) is 204 Å². The molecule has 5 fully saturated rings. The lowest BCUT2D eigenvalue weighted by atomic mass is 9.88. The SMILES string of the molecule is CC(=O)N[C@H]1[C@H](O[C@@H]2[C@H](O[C@]3(C(=O)O)C[C@H](O)[C@@H](NC(C)=O)[C@H]([C@H](O)[C@H](O)CO)O3)[C@@H](O)[C@H](O[C@H]3[C@H](O)[C@@H](O)[C@H](OC[C@@H](CO)NC=O)O[C@@H]3CO)O[C@@H]2CO)O[C@H](CO[C@]2(C(=O)O)C[C@H](O)[C@@H](NC(C)=O)[C@H]([C@H](O)[C@H](O)CO)O2)[C@H](O)[C@@H]1O. The summed E-state index contributed by atoms with van der Waals surface area (Å²) in [6.07, 6.45) is -50.3. The average molecular weight is 1230 g/mol. The van der Waals surface area contributed by atoms with E-state index < -0.39 is 259 Å². The summed E-state index contributed by atoms with van der Waals surface area (Å²) in [6.45, 7) is -4.41. The molecule has 0 bridgehead atoms. The minimum absolute atomic E-state index is 0.223. The lowest BCUT2D eigenvalue weighted by molar-refractivity contribution is -0.401. The third-order valence-corrected chi connectivity index (χ3v) is 14.4. The maximum Gasteiger partial charge on any atom is 0.364 e. The van der Waals surface area contributed by atoms with Gasteiger partial charge in [0.05, 0.1) is 76.6 Å². The number of aliphatic hydroxyl groups is 16. The molecule has 0 saturated carbocycles. The molecular weight excluding hydrogens is 1150 g/mol. The molecule has 5 rings (SSSR count). The molecule has 0 aromatic carbocycles. The second kappa shape index (κ2) is 30.6. The predicted octanol–water partition coefficient (Wildman–Crippen LogP) is -14.0. The Balaban J connectivity index is 1.58. The van der Waals surface area contributed by atoms with E-state index >= 15 is 0 Å². The number of carboxylic acids is 2. The summed E-state index contributed by atoms with van der Waals surface area (Å²) < 4.78 is 58.0. The number of nitrogens with one attached hydrogen (secondary N) is 4. The highest BCUT2D eigenvalue weighted by molar-refractivity contribution is 5.77. The van der Waals surface area contributed by atoms with Gasteiger partial charge in [-0.25, -0.2) is 9.59 Å². The number of carbonyl (C=O) groups is 6. The first-order valence-electron chi connectivity index (χ1n) is 26.1. The van der Waals surface area contributed by atoms with Gasteiger partial charge in [0.2, 0.25) is 24.1 Å². The van der Waals surface area contributed by atoms with E-state index in [1.165, 1.54) is 0 Å². The highest BCUT2D eigenvalue weighted by Crippen LogP contribution is 2.41. The van der Waals surface area contributed by atoms with Crippen LogP contribution >= 0.6 is 0 Å². The van der Waals surface area contributed by atoms with E-state index in [2.05, 4.69) is 21.3 Å². The first-order valence-corrected chi connectivity index (χ1v) is 26.1. The van der Waals surface area contributed by atoms with Gasteiger partial charge in [0.15, 0.2) is 18.9 Å². The van der Waals surface area contributed by atoms with Crippen molar-refractivity contribution < 1.29 is 168 Å². The molecule has 484 valence electrons. The number of hydrogen-bond acceptors (Lipinski definition) is 32. The molecule has 5 aliphatic heterocycles. The molecule has 0 unspecified atom stereocenters. The lowest BCUT2D eigenvalue weighted by Gasteiger charge is -2.52. The number of ether oxygens (including phenoxy) is 10. The van der Waals surface area contributed by atoms with Gasteiger partial charge < -0.3 is 161 Å². The molecule has 5 aliphatic rings. The van der Waals surface area contributed by atoms with Crippen LogP contribution in [0, 0.1) is 0 Å². The molecule has 22 N–H and O–H groups in total. The van der Waals surface area contributed by atoms with Gasteiger partial charge in [-0.15, -0.1) is 0 Å². The Morgan fingerprint density at radius 3 is 1.50 bits per heavy atom. The Morgan fingerprint density at radius 1 is 0.560 bits per heavy atom. The summed E-state index contributed by atoms with van der Waals surface area (Å²) in [7, 11) is 0. The zero-order chi connectivity index (χ0) is 62.9. The third kappa shape index (κ3) is 16.1. The quantitative estimate of drug-likeness (QED) is 0.0324. The fourth-order valence-electron chi connectivity index (χ4n) is 10.1. The zero-order valence-corrected chi connectivity index (χ0v) is 45.0. The van der Waals surface area contributed by atoms with Crippen molar-refractivity contribution in [3.8, 4) is 0 Å². The Morgan fingerprint density at radius 2 is 1.02 bits per heavy atom. The minimum atomic E-state index is -3.43. The number of amides is 4. The summed E-state index contributed by atoms with van der Waals surface area (Å²) in [6, 6.07) is -6.53. The summed E-state index contributed by atoms with van der Waals surface area (Å²) >= 11 is 0. The summed E-state index contributed by atoms with van der Waals surface area (Å²) in [4.78, 5) is 74.7. The first kappa shape index (κ1) is 70.5. The van der Waals surface area contributed by atoms with Gasteiger partial charge in [-0.2, -0.15) is 0 Å². The maximum absolute atomic E-state index is 13.6. The van der Waals surface area contributed by atoms with Crippen LogP contribution in [0.1, 0.15) is 33.6 Å². The van der Waals surface area contributed by atoms with Crippen LogP contribution in [-0.2, 0) is 76.1 Å². The van der Waals surface area contributed by atoms with Crippen molar-refractivity contribution >= 4 is 36.1 Å². The van der Waals surface area contributed by atoms with Crippen LogP contribution in [0.4, 0.5) is 0 Å².